The summed E-state index contributed by atoms with van der Waals surface area (Å²) in [5.41, 5.74) is 0. The molecular formula is C10H18O3. The molecule has 1 atom stereocenters. The van der Waals surface area contributed by atoms with Crippen LogP contribution in [0.1, 0.15) is 33.6 Å². The van der Waals surface area contributed by atoms with Gasteiger partial charge in [-0.25, -0.2) is 0 Å². The molecule has 0 aliphatic rings. The van der Waals surface area contributed by atoms with Crippen molar-refractivity contribution in [3.8, 4) is 0 Å². The van der Waals surface area contributed by atoms with E-state index in [9.17, 15) is 9.59 Å². The van der Waals surface area contributed by atoms with E-state index in [1.165, 1.54) is 6.92 Å². The van der Waals surface area contributed by atoms with Gasteiger partial charge in [0.1, 0.15) is 12.4 Å². The van der Waals surface area contributed by atoms with E-state index in [0.717, 1.165) is 0 Å². The van der Waals surface area contributed by atoms with E-state index < -0.39 is 6.61 Å². The molecule has 0 saturated carbocycles. The van der Waals surface area contributed by atoms with Gasteiger partial charge in [0.25, 0.3) is 0 Å². The van der Waals surface area contributed by atoms with Gasteiger partial charge in [0.15, 0.2) is 5.78 Å². The van der Waals surface area contributed by atoms with E-state index in [0.29, 0.717) is 12.8 Å². The molecule has 0 heterocycles. The standard InChI is InChI=1S/C10H18O3/c1-7(2)9(10(13)6-11)5-4-8(3)12/h7,9,11H,4-6H2,1-3H3. The maximum atomic E-state index is 11.2. The van der Waals surface area contributed by atoms with Crippen LogP contribution >= 0.6 is 0 Å². The molecule has 0 radical (unpaired) electrons. The number of aliphatic hydroxyl groups excluding tert-OH is 1. The highest BCUT2D eigenvalue weighted by Gasteiger charge is 2.21. The first-order chi connectivity index (χ1) is 5.99. The lowest BCUT2D eigenvalue weighted by molar-refractivity contribution is -0.127. The van der Waals surface area contributed by atoms with Gasteiger partial charge in [-0.15, -0.1) is 0 Å². The van der Waals surface area contributed by atoms with Gasteiger partial charge in [0, 0.05) is 12.3 Å². The van der Waals surface area contributed by atoms with Crippen LogP contribution in [-0.2, 0) is 9.59 Å². The Bertz CT molecular complexity index is 185. The number of hydrogen-bond donors (Lipinski definition) is 1. The molecule has 0 aliphatic heterocycles. The Morgan fingerprint density at radius 2 is 1.85 bits per heavy atom. The fourth-order valence-electron chi connectivity index (χ4n) is 1.34. The smallest absolute Gasteiger partial charge is 0.161 e. The van der Waals surface area contributed by atoms with Crippen molar-refractivity contribution < 1.29 is 14.7 Å². The van der Waals surface area contributed by atoms with Gasteiger partial charge >= 0.3 is 0 Å². The van der Waals surface area contributed by atoms with E-state index in [4.69, 9.17) is 5.11 Å². The molecule has 1 N–H and O–H groups in total. The number of carbonyl (C=O) groups is 2. The first kappa shape index (κ1) is 12.3. The molecule has 0 amide bonds. The molecule has 0 aromatic heterocycles. The molecule has 0 saturated heterocycles. The van der Waals surface area contributed by atoms with E-state index in [1.54, 1.807) is 0 Å². The van der Waals surface area contributed by atoms with E-state index in [1.807, 2.05) is 13.8 Å². The molecule has 0 fully saturated rings. The normalized spacial score (nSPS) is 13.0. The van der Waals surface area contributed by atoms with Crippen LogP contribution in [0.25, 0.3) is 0 Å². The summed E-state index contributed by atoms with van der Waals surface area (Å²) in [6, 6.07) is 0. The molecule has 76 valence electrons. The van der Waals surface area contributed by atoms with E-state index in [-0.39, 0.29) is 23.4 Å². The van der Waals surface area contributed by atoms with Crippen LogP contribution in [0.5, 0.6) is 0 Å². The van der Waals surface area contributed by atoms with E-state index >= 15 is 0 Å². The minimum atomic E-state index is -0.416. The molecule has 0 spiro atoms. The van der Waals surface area contributed by atoms with Crippen molar-refractivity contribution in [2.75, 3.05) is 6.61 Å². The van der Waals surface area contributed by atoms with Crippen molar-refractivity contribution in [2.24, 2.45) is 11.8 Å². The molecule has 0 aromatic rings. The number of rotatable bonds is 6. The second kappa shape index (κ2) is 5.86. The maximum absolute atomic E-state index is 11.2. The summed E-state index contributed by atoms with van der Waals surface area (Å²) in [5.74, 6) is -0.0412. The zero-order chi connectivity index (χ0) is 10.4. The Morgan fingerprint density at radius 1 is 1.31 bits per heavy atom. The summed E-state index contributed by atoms with van der Waals surface area (Å²) in [4.78, 5) is 21.9. The number of Topliss-reactive ketones (excluding diaryl/α,β-unsaturated/α-hetero) is 2. The second-order valence-corrected chi connectivity index (χ2v) is 3.72. The SMILES string of the molecule is CC(=O)CCC(C(=O)CO)C(C)C. The van der Waals surface area contributed by atoms with Gasteiger partial charge in [-0.1, -0.05) is 13.8 Å². The number of aliphatic hydroxyl groups is 1. The first-order valence-corrected chi connectivity index (χ1v) is 4.62. The average Bonchev–Trinajstić information content (AvgIpc) is 2.03. The van der Waals surface area contributed by atoms with Gasteiger partial charge in [0.2, 0.25) is 0 Å². The van der Waals surface area contributed by atoms with Gasteiger partial charge in [-0.2, -0.15) is 0 Å². The Morgan fingerprint density at radius 3 is 2.15 bits per heavy atom. The monoisotopic (exact) mass is 186 g/mol. The molecular weight excluding hydrogens is 168 g/mol. The largest absolute Gasteiger partial charge is 0.389 e. The third-order valence-corrected chi connectivity index (χ3v) is 2.18. The van der Waals surface area contributed by atoms with Crippen molar-refractivity contribution in [1.82, 2.24) is 0 Å². The minimum Gasteiger partial charge on any atom is -0.389 e. The third kappa shape index (κ3) is 4.78. The number of ketones is 2. The Kier molecular flexibility index (Phi) is 5.55. The van der Waals surface area contributed by atoms with Crippen LogP contribution in [0.3, 0.4) is 0 Å². The summed E-state index contributed by atoms with van der Waals surface area (Å²) >= 11 is 0. The lowest BCUT2D eigenvalue weighted by Gasteiger charge is -2.17. The lowest BCUT2D eigenvalue weighted by Crippen LogP contribution is -2.23. The van der Waals surface area contributed by atoms with Crippen LogP contribution in [0, 0.1) is 11.8 Å². The fourth-order valence-corrected chi connectivity index (χ4v) is 1.34. The summed E-state index contributed by atoms with van der Waals surface area (Å²) < 4.78 is 0. The van der Waals surface area contributed by atoms with Crippen molar-refractivity contribution in [2.45, 2.75) is 33.6 Å². The Hall–Kier alpha value is -0.700. The predicted octanol–water partition coefficient (Wildman–Crippen LogP) is 1.19. The van der Waals surface area contributed by atoms with Crippen molar-refractivity contribution in [3.05, 3.63) is 0 Å². The van der Waals surface area contributed by atoms with Crippen LogP contribution < -0.4 is 0 Å². The summed E-state index contributed by atoms with van der Waals surface area (Å²) in [6.07, 6.45) is 0.987. The number of carbonyl (C=O) groups excluding carboxylic acids is 2. The summed E-state index contributed by atoms with van der Waals surface area (Å²) in [6.45, 7) is 4.96. The number of hydrogen-bond acceptors (Lipinski definition) is 3. The Labute approximate surface area is 79.1 Å². The van der Waals surface area contributed by atoms with Crippen LogP contribution in [0.15, 0.2) is 0 Å². The molecule has 3 nitrogen and oxygen atoms in total. The highest BCUT2D eigenvalue weighted by molar-refractivity contribution is 5.83. The molecule has 0 bridgehead atoms. The average molecular weight is 186 g/mol. The lowest BCUT2D eigenvalue weighted by atomic mass is 9.87. The van der Waals surface area contributed by atoms with E-state index in [2.05, 4.69) is 0 Å². The quantitative estimate of drug-likeness (QED) is 0.678. The highest BCUT2D eigenvalue weighted by atomic mass is 16.3. The van der Waals surface area contributed by atoms with Crippen molar-refractivity contribution in [1.29, 1.82) is 0 Å². The second-order valence-electron chi connectivity index (χ2n) is 3.72. The molecule has 13 heavy (non-hydrogen) atoms. The summed E-state index contributed by atoms with van der Waals surface area (Å²) in [5, 5.41) is 8.68. The van der Waals surface area contributed by atoms with Gasteiger partial charge in [-0.05, 0) is 19.3 Å². The third-order valence-electron chi connectivity index (χ3n) is 2.18. The fraction of sp³-hybridized carbons (Fsp3) is 0.800. The maximum Gasteiger partial charge on any atom is 0.161 e. The van der Waals surface area contributed by atoms with Crippen LogP contribution in [0.4, 0.5) is 0 Å². The summed E-state index contributed by atoms with van der Waals surface area (Å²) in [7, 11) is 0. The van der Waals surface area contributed by atoms with Gasteiger partial charge in [0.05, 0.1) is 0 Å². The molecule has 0 rings (SSSR count). The van der Waals surface area contributed by atoms with Gasteiger partial charge < -0.3 is 9.90 Å². The minimum absolute atomic E-state index is 0.0939. The zero-order valence-corrected chi connectivity index (χ0v) is 8.54. The first-order valence-electron chi connectivity index (χ1n) is 4.62. The van der Waals surface area contributed by atoms with Crippen LogP contribution in [0.2, 0.25) is 0 Å². The topological polar surface area (TPSA) is 54.4 Å². The molecule has 0 aliphatic carbocycles. The predicted molar refractivity (Wildman–Crippen MR) is 50.3 cm³/mol. The van der Waals surface area contributed by atoms with Gasteiger partial charge in [-0.3, -0.25) is 4.79 Å². The van der Waals surface area contributed by atoms with Crippen LogP contribution in [-0.4, -0.2) is 23.3 Å². The van der Waals surface area contributed by atoms with Crippen molar-refractivity contribution >= 4 is 11.6 Å². The molecule has 1 unspecified atom stereocenters. The zero-order valence-electron chi connectivity index (χ0n) is 8.54. The Balaban J connectivity index is 4.10. The molecule has 0 aromatic carbocycles. The molecule has 3 heteroatoms. The van der Waals surface area contributed by atoms with Crippen molar-refractivity contribution in [3.63, 3.8) is 0 Å². The highest BCUT2D eigenvalue weighted by Crippen LogP contribution is 2.18.